The van der Waals surface area contributed by atoms with Gasteiger partial charge in [0, 0.05) is 25.5 Å². The van der Waals surface area contributed by atoms with E-state index in [1.807, 2.05) is 25.2 Å². The van der Waals surface area contributed by atoms with Crippen LogP contribution in [0, 0.1) is 5.92 Å². The molecule has 128 valence electrons. The molecule has 0 spiro atoms. The third-order valence-electron chi connectivity index (χ3n) is 4.42. The summed E-state index contributed by atoms with van der Waals surface area (Å²) in [6.07, 6.45) is 4.68. The van der Waals surface area contributed by atoms with E-state index in [1.165, 1.54) is 0 Å². The second-order valence-corrected chi connectivity index (χ2v) is 6.24. The van der Waals surface area contributed by atoms with Crippen LogP contribution in [-0.4, -0.2) is 50.3 Å². The van der Waals surface area contributed by atoms with Gasteiger partial charge in [0.15, 0.2) is 5.82 Å². The van der Waals surface area contributed by atoms with Crippen molar-refractivity contribution >= 4 is 11.7 Å². The fourth-order valence-corrected chi connectivity index (χ4v) is 3.09. The van der Waals surface area contributed by atoms with E-state index in [1.54, 1.807) is 23.1 Å². The number of aliphatic hydroxyl groups excluding tert-OH is 1. The maximum atomic E-state index is 12.1. The molecular weight excluding hydrogens is 306 g/mol. The van der Waals surface area contributed by atoms with Gasteiger partial charge in [-0.25, -0.2) is 0 Å². The zero-order valence-electron chi connectivity index (χ0n) is 13.8. The van der Waals surface area contributed by atoms with Crippen molar-refractivity contribution in [3.63, 3.8) is 0 Å². The topological polar surface area (TPSA) is 83.3 Å². The molecule has 7 heteroatoms. The smallest absolute Gasteiger partial charge is 0.239 e. The molecule has 2 N–H and O–H groups in total. The summed E-state index contributed by atoms with van der Waals surface area (Å²) in [6, 6.07) is 7.37. The van der Waals surface area contributed by atoms with Crippen LogP contribution in [0.15, 0.2) is 36.7 Å². The number of aromatic nitrogens is 3. The van der Waals surface area contributed by atoms with Crippen LogP contribution in [0.4, 0.5) is 5.82 Å². The van der Waals surface area contributed by atoms with Gasteiger partial charge in [-0.15, -0.1) is 0 Å². The van der Waals surface area contributed by atoms with Crippen LogP contribution in [0.3, 0.4) is 0 Å². The van der Waals surface area contributed by atoms with Gasteiger partial charge < -0.3 is 10.4 Å². The van der Waals surface area contributed by atoms with Gasteiger partial charge in [-0.2, -0.15) is 5.10 Å². The van der Waals surface area contributed by atoms with Gasteiger partial charge in [0.25, 0.3) is 0 Å². The van der Waals surface area contributed by atoms with Gasteiger partial charge in [0.1, 0.15) is 0 Å². The number of carbonyl (C=O) groups excluding carboxylic acids is 1. The van der Waals surface area contributed by atoms with E-state index in [-0.39, 0.29) is 11.8 Å². The lowest BCUT2D eigenvalue weighted by molar-refractivity contribution is -0.117. The highest BCUT2D eigenvalue weighted by molar-refractivity contribution is 5.91. The van der Waals surface area contributed by atoms with Crippen LogP contribution in [0.5, 0.6) is 0 Å². The fraction of sp³-hybridized carbons (Fsp3) is 0.471. The normalized spacial score (nSPS) is 17.6. The number of likely N-dealkylation sites (tertiary alicyclic amines) is 1. The molecule has 0 aromatic carbocycles. The van der Waals surface area contributed by atoms with Crippen molar-refractivity contribution in [1.29, 1.82) is 0 Å². The summed E-state index contributed by atoms with van der Waals surface area (Å²) in [6.45, 7) is 1.94. The van der Waals surface area contributed by atoms with Crippen molar-refractivity contribution in [2.45, 2.75) is 18.9 Å². The Hall–Kier alpha value is -2.25. The van der Waals surface area contributed by atoms with E-state index in [0.29, 0.717) is 12.4 Å². The number of nitrogens with zero attached hydrogens (tertiary/aromatic N) is 4. The maximum Gasteiger partial charge on any atom is 0.239 e. The number of anilines is 1. The van der Waals surface area contributed by atoms with E-state index in [4.69, 9.17) is 0 Å². The average Bonchev–Trinajstić information content (AvgIpc) is 3.00. The van der Waals surface area contributed by atoms with Gasteiger partial charge >= 0.3 is 0 Å². The van der Waals surface area contributed by atoms with Crippen molar-refractivity contribution in [3.05, 3.63) is 42.4 Å². The molecule has 24 heavy (non-hydrogen) atoms. The van der Waals surface area contributed by atoms with E-state index < -0.39 is 6.10 Å². The molecule has 1 fully saturated rings. The number of carbonyl (C=O) groups is 1. The number of nitrogens with one attached hydrogen (secondary N) is 1. The molecule has 2 aromatic heterocycles. The Labute approximate surface area is 141 Å². The first kappa shape index (κ1) is 16.6. The summed E-state index contributed by atoms with van der Waals surface area (Å²) in [7, 11) is 1.81. The van der Waals surface area contributed by atoms with Gasteiger partial charge in [0.2, 0.25) is 5.91 Å². The zero-order chi connectivity index (χ0) is 16.9. The number of aliphatic hydroxyl groups is 1. The number of aryl methyl sites for hydroxylation is 1. The second kappa shape index (κ2) is 7.55. The van der Waals surface area contributed by atoms with Crippen LogP contribution in [0.25, 0.3) is 0 Å². The third kappa shape index (κ3) is 4.18. The van der Waals surface area contributed by atoms with Crippen molar-refractivity contribution in [3.8, 4) is 0 Å². The zero-order valence-corrected chi connectivity index (χ0v) is 13.8. The summed E-state index contributed by atoms with van der Waals surface area (Å²) < 4.78 is 1.65. The second-order valence-electron chi connectivity index (χ2n) is 6.24. The third-order valence-corrected chi connectivity index (χ3v) is 4.42. The minimum atomic E-state index is -0.532. The molecule has 0 aliphatic carbocycles. The number of piperidine rings is 1. The monoisotopic (exact) mass is 329 g/mol. The summed E-state index contributed by atoms with van der Waals surface area (Å²) in [5.74, 6) is 0.704. The predicted molar refractivity (Wildman–Crippen MR) is 90.2 cm³/mol. The average molecular weight is 329 g/mol. The molecule has 3 rings (SSSR count). The molecule has 0 radical (unpaired) electrons. The van der Waals surface area contributed by atoms with Crippen molar-refractivity contribution in [2.24, 2.45) is 13.0 Å². The van der Waals surface area contributed by atoms with Crippen LogP contribution in [0.2, 0.25) is 0 Å². The molecule has 1 unspecified atom stereocenters. The molecular formula is C17H23N5O2. The summed E-state index contributed by atoms with van der Waals surface area (Å²) in [5, 5.41) is 17.4. The molecule has 1 aliphatic heterocycles. The Morgan fingerprint density at radius 3 is 2.79 bits per heavy atom. The van der Waals surface area contributed by atoms with E-state index in [0.717, 1.165) is 31.6 Å². The first-order valence-corrected chi connectivity index (χ1v) is 8.22. The lowest BCUT2D eigenvalue weighted by Crippen LogP contribution is -2.40. The quantitative estimate of drug-likeness (QED) is 0.861. The Morgan fingerprint density at radius 2 is 2.17 bits per heavy atom. The number of hydrogen-bond donors (Lipinski definition) is 2. The molecule has 1 aliphatic rings. The first-order chi connectivity index (χ1) is 11.6. The number of hydrogen-bond acceptors (Lipinski definition) is 5. The standard InChI is InChI=1S/C17H23N5O2/c1-21-9-7-15(20-21)19-16(23)12-22-10-5-13(6-11-22)17(24)14-4-2-3-8-18-14/h2-4,7-9,13,17,24H,5-6,10-12H2,1H3,(H,19,20,23). The Kier molecular flexibility index (Phi) is 5.22. The SMILES string of the molecule is Cn1ccc(NC(=O)CN2CCC(C(O)c3ccccn3)CC2)n1. The number of rotatable bonds is 5. The Bertz CT molecular complexity index is 665. The highest BCUT2D eigenvalue weighted by atomic mass is 16.3. The van der Waals surface area contributed by atoms with Crippen LogP contribution in [0.1, 0.15) is 24.6 Å². The lowest BCUT2D eigenvalue weighted by Gasteiger charge is -2.33. The van der Waals surface area contributed by atoms with Crippen molar-refractivity contribution in [2.75, 3.05) is 25.0 Å². The van der Waals surface area contributed by atoms with E-state index in [9.17, 15) is 9.90 Å². The van der Waals surface area contributed by atoms with Gasteiger partial charge in [0.05, 0.1) is 18.3 Å². The Morgan fingerprint density at radius 1 is 1.38 bits per heavy atom. The number of pyridine rings is 1. The first-order valence-electron chi connectivity index (χ1n) is 8.22. The van der Waals surface area contributed by atoms with Crippen LogP contribution >= 0.6 is 0 Å². The summed E-state index contributed by atoms with van der Waals surface area (Å²) in [5.41, 5.74) is 0.726. The molecule has 1 saturated heterocycles. The van der Waals surface area contributed by atoms with Crippen molar-refractivity contribution < 1.29 is 9.90 Å². The predicted octanol–water partition coefficient (Wildman–Crippen LogP) is 1.20. The van der Waals surface area contributed by atoms with Crippen molar-refractivity contribution in [1.82, 2.24) is 19.7 Å². The van der Waals surface area contributed by atoms with Gasteiger partial charge in [-0.1, -0.05) is 6.07 Å². The minimum Gasteiger partial charge on any atom is -0.387 e. The molecule has 0 saturated carbocycles. The highest BCUT2D eigenvalue weighted by Gasteiger charge is 2.27. The molecule has 1 amide bonds. The minimum absolute atomic E-state index is 0.0579. The molecule has 3 heterocycles. The molecule has 2 aromatic rings. The molecule has 7 nitrogen and oxygen atoms in total. The Balaban J connectivity index is 1.46. The maximum absolute atomic E-state index is 12.1. The van der Waals surface area contributed by atoms with E-state index in [2.05, 4.69) is 20.3 Å². The highest BCUT2D eigenvalue weighted by Crippen LogP contribution is 2.29. The van der Waals surface area contributed by atoms with Gasteiger partial charge in [-0.3, -0.25) is 19.4 Å². The molecule has 1 atom stereocenters. The summed E-state index contributed by atoms with van der Waals surface area (Å²) in [4.78, 5) is 18.4. The largest absolute Gasteiger partial charge is 0.387 e. The fourth-order valence-electron chi connectivity index (χ4n) is 3.09. The van der Waals surface area contributed by atoms with E-state index >= 15 is 0 Å². The molecule has 0 bridgehead atoms. The van der Waals surface area contributed by atoms with Gasteiger partial charge in [-0.05, 0) is 44.0 Å². The number of amides is 1. The van der Waals surface area contributed by atoms with Crippen LogP contribution in [-0.2, 0) is 11.8 Å². The summed E-state index contributed by atoms with van der Waals surface area (Å²) >= 11 is 0. The van der Waals surface area contributed by atoms with Crippen LogP contribution < -0.4 is 5.32 Å². The lowest BCUT2D eigenvalue weighted by atomic mass is 9.89.